The minimum atomic E-state index is -0.519. The average molecular weight is 355 g/mol. The Bertz CT molecular complexity index is 380. The molecule has 3 N–H and O–H groups in total. The Labute approximate surface area is 153 Å². The van der Waals surface area contributed by atoms with E-state index >= 15 is 0 Å². The monoisotopic (exact) mass is 354 g/mol. The molecule has 0 spiro atoms. The number of allylic oxidation sites excluding steroid dienone is 2. The Morgan fingerprint density at radius 3 is 2.60 bits per heavy atom. The average Bonchev–Trinajstić information content (AvgIpc) is 2.85. The molecule has 1 aliphatic rings. The molecule has 0 aromatic carbocycles. The van der Waals surface area contributed by atoms with Crippen LogP contribution in [0.4, 0.5) is 0 Å². The molecule has 0 radical (unpaired) electrons. The van der Waals surface area contributed by atoms with Crippen molar-refractivity contribution in [2.24, 2.45) is 11.8 Å². The van der Waals surface area contributed by atoms with Gasteiger partial charge in [-0.2, -0.15) is 0 Å². The summed E-state index contributed by atoms with van der Waals surface area (Å²) in [6.07, 6.45) is 15.0. The first-order valence-corrected chi connectivity index (χ1v) is 9.96. The van der Waals surface area contributed by atoms with Crippen molar-refractivity contribution in [2.75, 3.05) is 13.7 Å². The highest BCUT2D eigenvalue weighted by atomic mass is 16.5. The van der Waals surface area contributed by atoms with Crippen molar-refractivity contribution in [3.63, 3.8) is 0 Å². The van der Waals surface area contributed by atoms with Crippen molar-refractivity contribution in [2.45, 2.75) is 83.0 Å². The van der Waals surface area contributed by atoms with Gasteiger partial charge in [-0.15, -0.1) is 0 Å². The van der Waals surface area contributed by atoms with Crippen LogP contribution in [0.5, 0.6) is 0 Å². The van der Waals surface area contributed by atoms with Gasteiger partial charge in [0, 0.05) is 26.1 Å². The van der Waals surface area contributed by atoms with Gasteiger partial charge in [-0.05, 0) is 38.0 Å². The fraction of sp³-hybridized carbons (Fsp3) is 0.810. The number of methoxy groups -OCH3 is 1. The van der Waals surface area contributed by atoms with E-state index in [1.54, 1.807) is 7.11 Å². The van der Waals surface area contributed by atoms with Gasteiger partial charge in [0.15, 0.2) is 0 Å². The standard InChI is InChI=1S/C21H38O4/c1-3-4-8-11-17(22)13-14-19-18(20(23)16-21(19)24)12-9-6-5-7-10-15-25-2/h6,9,13-14,17-24H,3-5,7-8,10-12,15-16H2,1-2H3/b9-6+,14-13+/t17-,18+,19+,20-,21+/m0/s1. The van der Waals surface area contributed by atoms with E-state index in [9.17, 15) is 15.3 Å². The highest BCUT2D eigenvalue weighted by molar-refractivity contribution is 5.06. The quantitative estimate of drug-likeness (QED) is 0.349. The van der Waals surface area contributed by atoms with Crippen LogP contribution in [-0.2, 0) is 4.74 Å². The molecule has 0 saturated heterocycles. The van der Waals surface area contributed by atoms with Gasteiger partial charge in [0.25, 0.3) is 0 Å². The van der Waals surface area contributed by atoms with Gasteiger partial charge in [-0.25, -0.2) is 0 Å². The second kappa shape index (κ2) is 13.5. The van der Waals surface area contributed by atoms with Gasteiger partial charge in [0.1, 0.15) is 0 Å². The summed E-state index contributed by atoms with van der Waals surface area (Å²) in [5, 5.41) is 30.5. The number of aliphatic hydroxyl groups is 3. The van der Waals surface area contributed by atoms with Crippen LogP contribution >= 0.6 is 0 Å². The Morgan fingerprint density at radius 2 is 1.88 bits per heavy atom. The van der Waals surface area contributed by atoms with E-state index in [4.69, 9.17) is 4.74 Å². The molecule has 5 atom stereocenters. The van der Waals surface area contributed by atoms with Crippen molar-refractivity contribution in [1.29, 1.82) is 0 Å². The third kappa shape index (κ3) is 9.00. The van der Waals surface area contributed by atoms with Crippen LogP contribution in [0, 0.1) is 11.8 Å². The maximum absolute atomic E-state index is 10.2. The molecule has 0 amide bonds. The minimum absolute atomic E-state index is 0.0318. The molecule has 1 rings (SSSR count). The molecule has 1 saturated carbocycles. The molecule has 1 aliphatic carbocycles. The van der Waals surface area contributed by atoms with E-state index in [2.05, 4.69) is 19.1 Å². The summed E-state index contributed by atoms with van der Waals surface area (Å²) in [4.78, 5) is 0. The molecule has 0 bridgehead atoms. The lowest BCUT2D eigenvalue weighted by Gasteiger charge is -2.19. The first-order valence-electron chi connectivity index (χ1n) is 9.96. The molecule has 4 heteroatoms. The molecule has 0 aromatic heterocycles. The molecule has 0 aliphatic heterocycles. The third-order valence-corrected chi connectivity index (χ3v) is 5.12. The second-order valence-electron chi connectivity index (χ2n) is 7.26. The molecular formula is C21H38O4. The Hall–Kier alpha value is -0.680. The molecule has 1 fully saturated rings. The second-order valence-corrected chi connectivity index (χ2v) is 7.26. The summed E-state index contributed by atoms with van der Waals surface area (Å²) in [5.74, 6) is -0.0433. The maximum Gasteiger partial charge on any atom is 0.0721 e. The number of unbranched alkanes of at least 4 members (excludes halogenated alkanes) is 4. The van der Waals surface area contributed by atoms with E-state index in [1.165, 1.54) is 0 Å². The number of hydrogen-bond donors (Lipinski definition) is 3. The molecular weight excluding hydrogens is 316 g/mol. The van der Waals surface area contributed by atoms with Crippen LogP contribution in [0.3, 0.4) is 0 Å². The van der Waals surface area contributed by atoms with Crippen LogP contribution < -0.4 is 0 Å². The Morgan fingerprint density at radius 1 is 1.08 bits per heavy atom. The zero-order valence-corrected chi connectivity index (χ0v) is 16.0. The van der Waals surface area contributed by atoms with E-state index in [0.717, 1.165) is 58.0 Å². The molecule has 146 valence electrons. The van der Waals surface area contributed by atoms with Gasteiger partial charge in [-0.3, -0.25) is 0 Å². The number of aliphatic hydroxyl groups excluding tert-OH is 3. The van der Waals surface area contributed by atoms with Crippen LogP contribution in [-0.4, -0.2) is 47.3 Å². The number of hydrogen-bond acceptors (Lipinski definition) is 4. The summed E-state index contributed by atoms with van der Waals surface area (Å²) in [7, 11) is 1.72. The number of rotatable bonds is 13. The van der Waals surface area contributed by atoms with Crippen molar-refractivity contribution in [3.05, 3.63) is 24.3 Å². The van der Waals surface area contributed by atoms with Gasteiger partial charge in [0.05, 0.1) is 18.3 Å². The van der Waals surface area contributed by atoms with Gasteiger partial charge >= 0.3 is 0 Å². The van der Waals surface area contributed by atoms with Gasteiger partial charge in [0.2, 0.25) is 0 Å². The summed E-state index contributed by atoms with van der Waals surface area (Å²) in [6, 6.07) is 0. The molecule has 4 nitrogen and oxygen atoms in total. The first-order chi connectivity index (χ1) is 12.1. The van der Waals surface area contributed by atoms with E-state index < -0.39 is 18.3 Å². The zero-order chi connectivity index (χ0) is 18.5. The third-order valence-electron chi connectivity index (χ3n) is 5.12. The Kier molecular flexibility index (Phi) is 12.1. The number of ether oxygens (including phenoxy) is 1. The largest absolute Gasteiger partial charge is 0.393 e. The molecule has 25 heavy (non-hydrogen) atoms. The minimum Gasteiger partial charge on any atom is -0.393 e. The molecule has 0 unspecified atom stereocenters. The summed E-state index contributed by atoms with van der Waals surface area (Å²) in [5.41, 5.74) is 0. The highest BCUT2D eigenvalue weighted by Gasteiger charge is 2.39. The van der Waals surface area contributed by atoms with Crippen molar-refractivity contribution < 1.29 is 20.1 Å². The summed E-state index contributed by atoms with van der Waals surface area (Å²) >= 11 is 0. The highest BCUT2D eigenvalue weighted by Crippen LogP contribution is 2.36. The van der Waals surface area contributed by atoms with E-state index in [1.807, 2.05) is 12.2 Å². The summed E-state index contributed by atoms with van der Waals surface area (Å²) in [6.45, 7) is 2.95. The zero-order valence-electron chi connectivity index (χ0n) is 16.0. The predicted octanol–water partition coefficient (Wildman–Crippen LogP) is 3.60. The normalized spacial score (nSPS) is 28.4. The Balaban J connectivity index is 2.42. The lowest BCUT2D eigenvalue weighted by molar-refractivity contribution is 0.120. The van der Waals surface area contributed by atoms with Crippen molar-refractivity contribution in [3.8, 4) is 0 Å². The predicted molar refractivity (Wildman–Crippen MR) is 102 cm³/mol. The fourth-order valence-electron chi connectivity index (χ4n) is 3.54. The maximum atomic E-state index is 10.2. The SMILES string of the molecule is CCCCC[C@H](O)/C=C/[C@@H]1[C@@H](C/C=C/CCCCOC)[C@@H](O)C[C@H]1O. The molecule has 0 heterocycles. The first kappa shape index (κ1) is 22.4. The fourth-order valence-corrected chi connectivity index (χ4v) is 3.54. The smallest absolute Gasteiger partial charge is 0.0721 e. The van der Waals surface area contributed by atoms with Gasteiger partial charge < -0.3 is 20.1 Å². The van der Waals surface area contributed by atoms with Crippen LogP contribution in [0.2, 0.25) is 0 Å². The van der Waals surface area contributed by atoms with Crippen LogP contribution in [0.1, 0.15) is 64.7 Å². The lowest BCUT2D eigenvalue weighted by atomic mass is 9.89. The molecule has 0 aromatic rings. The van der Waals surface area contributed by atoms with Gasteiger partial charge in [-0.1, -0.05) is 50.5 Å². The lowest BCUT2D eigenvalue weighted by Crippen LogP contribution is -2.20. The topological polar surface area (TPSA) is 69.9 Å². The van der Waals surface area contributed by atoms with E-state index in [-0.39, 0.29) is 11.8 Å². The van der Waals surface area contributed by atoms with Crippen molar-refractivity contribution >= 4 is 0 Å². The summed E-state index contributed by atoms with van der Waals surface area (Å²) < 4.78 is 5.03. The van der Waals surface area contributed by atoms with E-state index in [0.29, 0.717) is 6.42 Å². The van der Waals surface area contributed by atoms with Crippen LogP contribution in [0.15, 0.2) is 24.3 Å². The van der Waals surface area contributed by atoms with Crippen LogP contribution in [0.25, 0.3) is 0 Å². The van der Waals surface area contributed by atoms with Crippen molar-refractivity contribution in [1.82, 2.24) is 0 Å².